The lowest BCUT2D eigenvalue weighted by molar-refractivity contribution is 0.511. The lowest BCUT2D eigenvalue weighted by Gasteiger charge is -2.14. The summed E-state index contributed by atoms with van der Waals surface area (Å²) >= 11 is 0. The second-order valence-electron chi connectivity index (χ2n) is 4.73. The molecule has 3 aromatic rings. The van der Waals surface area contributed by atoms with Crippen LogP contribution in [0.25, 0.3) is 22.0 Å². The average molecular weight is 302 g/mol. The van der Waals surface area contributed by atoms with Gasteiger partial charge >= 0.3 is 0 Å². The highest BCUT2D eigenvalue weighted by Crippen LogP contribution is 2.33. The Morgan fingerprint density at radius 2 is 1.95 bits per heavy atom. The Balaban J connectivity index is 2.53. The van der Waals surface area contributed by atoms with Crippen molar-refractivity contribution in [2.24, 2.45) is 0 Å². The van der Waals surface area contributed by atoms with Gasteiger partial charge in [0.15, 0.2) is 11.6 Å². The third kappa shape index (κ3) is 1.93. The molecular weight excluding hydrogens is 290 g/mol. The van der Waals surface area contributed by atoms with Gasteiger partial charge in [0.1, 0.15) is 5.69 Å². The van der Waals surface area contributed by atoms with E-state index in [-0.39, 0.29) is 16.8 Å². The fourth-order valence-corrected chi connectivity index (χ4v) is 2.53. The van der Waals surface area contributed by atoms with E-state index in [1.165, 1.54) is 29.1 Å². The summed E-state index contributed by atoms with van der Waals surface area (Å²) in [5, 5.41) is 7.95. The van der Waals surface area contributed by atoms with E-state index in [9.17, 15) is 13.6 Å². The van der Waals surface area contributed by atoms with Crippen LogP contribution in [0.2, 0.25) is 0 Å². The summed E-state index contributed by atoms with van der Waals surface area (Å²) in [5.41, 5.74) is 5.82. The minimum Gasteiger partial charge on any atom is -0.394 e. The number of aryl methyl sites for hydroxylation is 1. The Morgan fingerprint density at radius 1 is 1.23 bits per heavy atom. The van der Waals surface area contributed by atoms with Crippen LogP contribution in [0.1, 0.15) is 6.92 Å². The van der Waals surface area contributed by atoms with E-state index < -0.39 is 17.2 Å². The molecule has 0 amide bonds. The molecule has 0 spiro atoms. The number of pyridine rings is 1. The Kier molecular flexibility index (Phi) is 3.32. The number of benzene rings is 1. The van der Waals surface area contributed by atoms with Crippen molar-refractivity contribution in [3.63, 3.8) is 0 Å². The van der Waals surface area contributed by atoms with Crippen molar-refractivity contribution in [3.8, 4) is 11.1 Å². The maximum Gasteiger partial charge on any atom is 0.274 e. The van der Waals surface area contributed by atoms with Gasteiger partial charge in [-0.2, -0.15) is 10.2 Å². The van der Waals surface area contributed by atoms with Crippen molar-refractivity contribution in [3.05, 3.63) is 52.6 Å². The first-order chi connectivity index (χ1) is 10.6. The van der Waals surface area contributed by atoms with Crippen molar-refractivity contribution in [1.29, 1.82) is 0 Å². The molecule has 2 N–H and O–H groups in total. The number of halogens is 2. The van der Waals surface area contributed by atoms with Crippen LogP contribution in [0.4, 0.5) is 14.5 Å². The molecule has 0 fully saturated rings. The van der Waals surface area contributed by atoms with Gasteiger partial charge in [-0.3, -0.25) is 4.79 Å². The number of nitrogens with zero attached hydrogens (tertiary/aromatic N) is 3. The Morgan fingerprint density at radius 3 is 2.68 bits per heavy atom. The quantitative estimate of drug-likeness (QED) is 0.788. The molecule has 5 nitrogen and oxygen atoms in total. The third-order valence-electron chi connectivity index (χ3n) is 3.55. The summed E-state index contributed by atoms with van der Waals surface area (Å²) in [4.78, 5) is 12.4. The van der Waals surface area contributed by atoms with Gasteiger partial charge in [0.25, 0.3) is 5.56 Å². The molecule has 2 heterocycles. The highest BCUT2D eigenvalue weighted by atomic mass is 19.2. The van der Waals surface area contributed by atoms with Gasteiger partial charge in [-0.15, -0.1) is 0 Å². The maximum absolute atomic E-state index is 14.1. The smallest absolute Gasteiger partial charge is 0.274 e. The number of nitrogens with two attached hydrogens (primary N) is 1. The molecule has 22 heavy (non-hydrogen) atoms. The number of hydrogen-bond acceptors (Lipinski definition) is 4. The largest absolute Gasteiger partial charge is 0.394 e. The predicted octanol–water partition coefficient (Wildman–Crippen LogP) is 2.34. The van der Waals surface area contributed by atoms with Crippen LogP contribution in [0.3, 0.4) is 0 Å². The van der Waals surface area contributed by atoms with Gasteiger partial charge < -0.3 is 10.3 Å². The maximum atomic E-state index is 14.1. The first-order valence-corrected chi connectivity index (χ1v) is 6.63. The van der Waals surface area contributed by atoms with Crippen molar-refractivity contribution >= 4 is 16.6 Å². The lowest BCUT2D eigenvalue weighted by Crippen LogP contribution is -2.24. The standard InChI is InChI=1S/C15H12F2N4O/c1-2-21-11-7-20-19-6-9(11)12(14(18)15(21)22)8-4-3-5-10(16)13(8)17/h3-7H,2,18H2,1H3. The van der Waals surface area contributed by atoms with E-state index in [4.69, 9.17) is 5.73 Å². The fraction of sp³-hybridized carbons (Fsp3) is 0.133. The molecule has 0 radical (unpaired) electrons. The summed E-state index contributed by atoms with van der Waals surface area (Å²) < 4.78 is 29.1. The van der Waals surface area contributed by atoms with E-state index in [1.807, 2.05) is 0 Å². The first-order valence-electron chi connectivity index (χ1n) is 6.63. The second kappa shape index (κ2) is 5.18. The van der Waals surface area contributed by atoms with Gasteiger partial charge in [0.05, 0.1) is 17.9 Å². The van der Waals surface area contributed by atoms with E-state index in [0.717, 1.165) is 6.07 Å². The van der Waals surface area contributed by atoms with Crippen molar-refractivity contribution in [1.82, 2.24) is 14.8 Å². The highest BCUT2D eigenvalue weighted by Gasteiger charge is 2.19. The summed E-state index contributed by atoms with van der Waals surface area (Å²) in [5.74, 6) is -2.06. The minimum atomic E-state index is -1.05. The van der Waals surface area contributed by atoms with Crippen molar-refractivity contribution in [2.45, 2.75) is 13.5 Å². The van der Waals surface area contributed by atoms with Crippen LogP contribution in [0, 0.1) is 11.6 Å². The molecule has 7 heteroatoms. The molecule has 1 aromatic carbocycles. The van der Waals surface area contributed by atoms with Gasteiger partial charge in [0.2, 0.25) is 0 Å². The normalized spacial score (nSPS) is 11.0. The van der Waals surface area contributed by atoms with Gasteiger partial charge in [-0.05, 0) is 13.0 Å². The minimum absolute atomic E-state index is 0.0733. The molecule has 3 rings (SSSR count). The third-order valence-corrected chi connectivity index (χ3v) is 3.55. The molecule has 0 aliphatic rings. The molecule has 0 unspecified atom stereocenters. The Labute approximate surface area is 124 Å². The number of fused-ring (bicyclic) bond motifs is 1. The molecule has 0 aliphatic carbocycles. The first kappa shape index (κ1) is 14.1. The summed E-state index contributed by atoms with van der Waals surface area (Å²) in [6.07, 6.45) is 2.79. The molecule has 112 valence electrons. The fourth-order valence-electron chi connectivity index (χ4n) is 2.53. The van der Waals surface area contributed by atoms with Crippen LogP contribution in [-0.2, 0) is 6.54 Å². The van der Waals surface area contributed by atoms with Crippen LogP contribution < -0.4 is 11.3 Å². The predicted molar refractivity (Wildman–Crippen MR) is 79.2 cm³/mol. The topological polar surface area (TPSA) is 73.8 Å². The van der Waals surface area contributed by atoms with Gasteiger partial charge in [0, 0.05) is 23.1 Å². The molecule has 0 saturated heterocycles. The van der Waals surface area contributed by atoms with Gasteiger partial charge in [-0.1, -0.05) is 12.1 Å². The molecule has 0 saturated carbocycles. The van der Waals surface area contributed by atoms with Crippen LogP contribution in [0.5, 0.6) is 0 Å². The zero-order chi connectivity index (χ0) is 15.9. The zero-order valence-electron chi connectivity index (χ0n) is 11.7. The number of nitrogen functional groups attached to an aromatic ring is 1. The monoisotopic (exact) mass is 302 g/mol. The molecule has 0 atom stereocenters. The van der Waals surface area contributed by atoms with E-state index in [0.29, 0.717) is 17.4 Å². The van der Waals surface area contributed by atoms with Gasteiger partial charge in [-0.25, -0.2) is 8.78 Å². The van der Waals surface area contributed by atoms with Crippen LogP contribution in [-0.4, -0.2) is 14.8 Å². The van der Waals surface area contributed by atoms with Crippen LogP contribution in [0.15, 0.2) is 35.4 Å². The van der Waals surface area contributed by atoms with E-state index >= 15 is 0 Å². The number of hydrogen-bond donors (Lipinski definition) is 1. The lowest BCUT2D eigenvalue weighted by atomic mass is 10.00. The average Bonchev–Trinajstić information content (AvgIpc) is 2.52. The molecule has 0 aliphatic heterocycles. The van der Waals surface area contributed by atoms with Crippen LogP contribution >= 0.6 is 0 Å². The number of anilines is 1. The summed E-state index contributed by atoms with van der Waals surface area (Å²) in [6.45, 7) is 2.15. The van der Waals surface area contributed by atoms with E-state index in [2.05, 4.69) is 10.2 Å². The molecule has 0 bridgehead atoms. The SMILES string of the molecule is CCn1c(=O)c(N)c(-c2cccc(F)c2F)c2cnncc21. The summed E-state index contributed by atoms with van der Waals surface area (Å²) in [6, 6.07) is 3.74. The molecule has 2 aromatic heterocycles. The Hall–Kier alpha value is -2.83. The van der Waals surface area contributed by atoms with E-state index in [1.54, 1.807) is 6.92 Å². The van der Waals surface area contributed by atoms with Crippen molar-refractivity contribution in [2.75, 3.05) is 5.73 Å². The number of rotatable bonds is 2. The molecular formula is C15H12F2N4O. The summed E-state index contributed by atoms with van der Waals surface area (Å²) in [7, 11) is 0. The Bertz CT molecular complexity index is 937. The van der Waals surface area contributed by atoms with Crippen molar-refractivity contribution < 1.29 is 8.78 Å². The zero-order valence-corrected chi connectivity index (χ0v) is 11.7. The second-order valence-corrected chi connectivity index (χ2v) is 4.73. The number of aromatic nitrogens is 3. The highest BCUT2D eigenvalue weighted by molar-refractivity contribution is 5.99.